The van der Waals surface area contributed by atoms with Gasteiger partial charge in [0, 0.05) is 18.7 Å². The Labute approximate surface area is 131 Å². The molecule has 0 aliphatic heterocycles. The van der Waals surface area contributed by atoms with Crippen molar-refractivity contribution in [1.82, 2.24) is 4.90 Å². The van der Waals surface area contributed by atoms with Gasteiger partial charge in [0.15, 0.2) is 0 Å². The molecule has 1 N–H and O–H groups in total. The van der Waals surface area contributed by atoms with Gasteiger partial charge in [-0.25, -0.2) is 0 Å². The van der Waals surface area contributed by atoms with E-state index in [2.05, 4.69) is 19.9 Å². The number of carboxylic acids is 1. The number of hydrogen-bond acceptors (Lipinski definition) is 3. The first-order valence-electron chi connectivity index (χ1n) is 7.07. The molecule has 1 atom stereocenters. The molecule has 0 amide bonds. The van der Waals surface area contributed by atoms with E-state index in [0.717, 1.165) is 11.3 Å². The average Bonchev–Trinajstić information content (AvgIpc) is 2.44. The lowest BCUT2D eigenvalue weighted by Crippen LogP contribution is -2.25. The maximum Gasteiger partial charge on any atom is 0.304 e. The van der Waals surface area contributed by atoms with Crippen molar-refractivity contribution < 1.29 is 14.6 Å². The summed E-state index contributed by atoms with van der Waals surface area (Å²) in [6.07, 6.45) is 0.114. The van der Waals surface area contributed by atoms with Gasteiger partial charge >= 0.3 is 5.97 Å². The second-order valence-electron chi connectivity index (χ2n) is 5.53. The molecule has 0 aliphatic carbocycles. The van der Waals surface area contributed by atoms with E-state index in [1.807, 2.05) is 24.1 Å². The van der Waals surface area contributed by atoms with Crippen LogP contribution in [0, 0.1) is 0 Å². The largest absolute Gasteiger partial charge is 0.496 e. The fourth-order valence-electron chi connectivity index (χ4n) is 2.11. The quantitative estimate of drug-likeness (QED) is 0.746. The van der Waals surface area contributed by atoms with E-state index in [0.29, 0.717) is 19.0 Å². The van der Waals surface area contributed by atoms with E-state index in [1.165, 1.54) is 5.56 Å². The van der Waals surface area contributed by atoms with Crippen molar-refractivity contribution in [3.63, 3.8) is 0 Å². The molecule has 0 aliphatic rings. The number of ether oxygens (including phenoxy) is 1. The molecule has 0 heterocycles. The third-order valence-corrected chi connectivity index (χ3v) is 3.81. The first kappa shape index (κ1) is 17.8. The number of methoxy groups -OCH3 is 1. The minimum Gasteiger partial charge on any atom is -0.496 e. The van der Waals surface area contributed by atoms with E-state index < -0.39 is 5.97 Å². The van der Waals surface area contributed by atoms with Gasteiger partial charge in [-0.05, 0) is 24.6 Å². The van der Waals surface area contributed by atoms with Crippen molar-refractivity contribution >= 4 is 17.6 Å². The van der Waals surface area contributed by atoms with Crippen LogP contribution < -0.4 is 4.74 Å². The monoisotopic (exact) mass is 313 g/mol. The molecule has 0 bridgehead atoms. The SMILES string of the molecule is COc1ccc(C(C)C)cc1C(Cl)CN(C)CCC(=O)O. The normalized spacial score (nSPS) is 12.7. The molecule has 21 heavy (non-hydrogen) atoms. The Kier molecular flexibility index (Phi) is 6.99. The Morgan fingerprint density at radius 2 is 2.10 bits per heavy atom. The topological polar surface area (TPSA) is 49.8 Å². The summed E-state index contributed by atoms with van der Waals surface area (Å²) in [5, 5.41) is 8.48. The van der Waals surface area contributed by atoms with Crippen molar-refractivity contribution in [3.05, 3.63) is 29.3 Å². The second-order valence-corrected chi connectivity index (χ2v) is 6.06. The Morgan fingerprint density at radius 1 is 1.43 bits per heavy atom. The highest BCUT2D eigenvalue weighted by molar-refractivity contribution is 6.21. The molecule has 5 heteroatoms. The summed E-state index contributed by atoms with van der Waals surface area (Å²) in [5.74, 6) is 0.390. The number of alkyl halides is 1. The molecule has 0 saturated heterocycles. The standard InChI is InChI=1S/C16H24ClNO3/c1-11(2)12-5-6-15(21-4)13(9-12)14(17)10-18(3)8-7-16(19)20/h5-6,9,11,14H,7-8,10H2,1-4H3,(H,19,20). The first-order valence-corrected chi connectivity index (χ1v) is 7.51. The molecular formula is C16H24ClNO3. The molecule has 0 aromatic heterocycles. The van der Waals surface area contributed by atoms with Crippen molar-refractivity contribution in [3.8, 4) is 5.75 Å². The van der Waals surface area contributed by atoms with Crippen LogP contribution in [0.25, 0.3) is 0 Å². The smallest absolute Gasteiger partial charge is 0.304 e. The molecule has 0 radical (unpaired) electrons. The molecule has 1 aromatic rings. The van der Waals surface area contributed by atoms with Gasteiger partial charge in [0.1, 0.15) is 5.75 Å². The molecule has 0 fully saturated rings. The van der Waals surface area contributed by atoms with Crippen LogP contribution in [0.15, 0.2) is 18.2 Å². The lowest BCUT2D eigenvalue weighted by atomic mass is 9.98. The van der Waals surface area contributed by atoms with Gasteiger partial charge in [-0.3, -0.25) is 4.79 Å². The second kappa shape index (κ2) is 8.25. The van der Waals surface area contributed by atoms with E-state index in [1.54, 1.807) is 7.11 Å². The van der Waals surface area contributed by atoms with Gasteiger partial charge in [0.2, 0.25) is 0 Å². The van der Waals surface area contributed by atoms with Crippen LogP contribution in [0.4, 0.5) is 0 Å². The molecule has 0 saturated carbocycles. The molecule has 1 unspecified atom stereocenters. The van der Waals surface area contributed by atoms with E-state index in [4.69, 9.17) is 21.4 Å². The van der Waals surface area contributed by atoms with Gasteiger partial charge < -0.3 is 14.7 Å². The summed E-state index contributed by atoms with van der Waals surface area (Å²) in [4.78, 5) is 12.5. The molecule has 0 spiro atoms. The molecule has 4 nitrogen and oxygen atoms in total. The van der Waals surface area contributed by atoms with Crippen molar-refractivity contribution in [2.24, 2.45) is 0 Å². The first-order chi connectivity index (χ1) is 9.85. The van der Waals surface area contributed by atoms with Gasteiger partial charge in [0.25, 0.3) is 0 Å². The summed E-state index contributed by atoms with van der Waals surface area (Å²) in [7, 11) is 3.50. The summed E-state index contributed by atoms with van der Waals surface area (Å²) in [6, 6.07) is 6.06. The van der Waals surface area contributed by atoms with Crippen LogP contribution >= 0.6 is 11.6 Å². The zero-order valence-electron chi connectivity index (χ0n) is 13.1. The van der Waals surface area contributed by atoms with Crippen LogP contribution in [-0.2, 0) is 4.79 Å². The van der Waals surface area contributed by atoms with Crippen molar-refractivity contribution in [1.29, 1.82) is 0 Å². The van der Waals surface area contributed by atoms with Crippen LogP contribution in [-0.4, -0.2) is 43.2 Å². The number of aliphatic carboxylic acids is 1. The predicted molar refractivity (Wildman–Crippen MR) is 85.4 cm³/mol. The Hall–Kier alpha value is -1.26. The number of carboxylic acid groups (broad SMARTS) is 1. The average molecular weight is 314 g/mol. The summed E-state index contributed by atoms with van der Waals surface area (Å²) >= 11 is 6.51. The maximum atomic E-state index is 10.6. The highest BCUT2D eigenvalue weighted by Gasteiger charge is 2.17. The predicted octanol–water partition coefficient (Wildman–Crippen LogP) is 3.51. The summed E-state index contributed by atoms with van der Waals surface area (Å²) in [6.45, 7) is 5.32. The number of halogens is 1. The Morgan fingerprint density at radius 3 is 2.62 bits per heavy atom. The number of nitrogens with zero attached hydrogens (tertiary/aromatic N) is 1. The van der Waals surface area contributed by atoms with Gasteiger partial charge in [-0.1, -0.05) is 26.0 Å². The Bertz CT molecular complexity index is 477. The third kappa shape index (κ3) is 5.56. The molecule has 1 rings (SSSR count). The lowest BCUT2D eigenvalue weighted by molar-refractivity contribution is -0.137. The van der Waals surface area contributed by atoms with E-state index in [9.17, 15) is 4.79 Å². The van der Waals surface area contributed by atoms with Gasteiger partial charge in [0.05, 0.1) is 18.9 Å². The summed E-state index contributed by atoms with van der Waals surface area (Å²) < 4.78 is 5.38. The van der Waals surface area contributed by atoms with Crippen LogP contribution in [0.3, 0.4) is 0 Å². The lowest BCUT2D eigenvalue weighted by Gasteiger charge is -2.22. The van der Waals surface area contributed by atoms with Crippen molar-refractivity contribution in [2.45, 2.75) is 31.6 Å². The zero-order chi connectivity index (χ0) is 16.0. The van der Waals surface area contributed by atoms with Crippen LogP contribution in [0.5, 0.6) is 5.75 Å². The third-order valence-electron chi connectivity index (χ3n) is 3.44. The number of hydrogen-bond donors (Lipinski definition) is 1. The molecule has 1 aromatic carbocycles. The van der Waals surface area contributed by atoms with Gasteiger partial charge in [-0.2, -0.15) is 0 Å². The zero-order valence-corrected chi connectivity index (χ0v) is 13.9. The highest BCUT2D eigenvalue weighted by Crippen LogP contribution is 2.33. The maximum absolute atomic E-state index is 10.6. The minimum absolute atomic E-state index is 0.114. The Balaban J connectivity index is 2.82. The fraction of sp³-hybridized carbons (Fsp3) is 0.562. The van der Waals surface area contributed by atoms with Crippen molar-refractivity contribution in [2.75, 3.05) is 27.2 Å². The molecule has 118 valence electrons. The number of carbonyl (C=O) groups is 1. The molecular weight excluding hydrogens is 290 g/mol. The van der Waals surface area contributed by atoms with E-state index >= 15 is 0 Å². The highest BCUT2D eigenvalue weighted by atomic mass is 35.5. The van der Waals surface area contributed by atoms with Crippen LogP contribution in [0.2, 0.25) is 0 Å². The number of benzene rings is 1. The fourth-order valence-corrected chi connectivity index (χ4v) is 2.51. The number of rotatable bonds is 8. The minimum atomic E-state index is -0.799. The van der Waals surface area contributed by atoms with E-state index in [-0.39, 0.29) is 11.8 Å². The number of likely N-dealkylation sites (N-methyl/N-ethyl adjacent to an activating group) is 1. The summed E-state index contributed by atoms with van der Waals surface area (Å²) in [5.41, 5.74) is 2.16. The van der Waals surface area contributed by atoms with Crippen LogP contribution in [0.1, 0.15) is 42.7 Å². The van der Waals surface area contributed by atoms with Gasteiger partial charge in [-0.15, -0.1) is 11.6 Å².